The van der Waals surface area contributed by atoms with Crippen LogP contribution in [-0.2, 0) is 9.47 Å². The minimum absolute atomic E-state index is 0.0730. The lowest BCUT2D eigenvalue weighted by atomic mass is 9.79. The summed E-state index contributed by atoms with van der Waals surface area (Å²) >= 11 is 0. The van der Waals surface area contributed by atoms with Crippen LogP contribution in [0.3, 0.4) is 0 Å². The number of benzene rings is 1. The first-order valence-electron chi connectivity index (χ1n) is 9.09. The summed E-state index contributed by atoms with van der Waals surface area (Å²) in [6.45, 7) is 2.54. The summed E-state index contributed by atoms with van der Waals surface area (Å²) < 4.78 is 16.9. The van der Waals surface area contributed by atoms with Crippen LogP contribution in [-0.4, -0.2) is 31.0 Å². The molecule has 1 heterocycles. The highest BCUT2D eigenvalue weighted by atomic mass is 16.6. The molecule has 1 saturated heterocycles. The van der Waals surface area contributed by atoms with Gasteiger partial charge in [-0.1, -0.05) is 6.07 Å². The van der Waals surface area contributed by atoms with Crippen LogP contribution >= 0.6 is 0 Å². The Labute approximate surface area is 141 Å². The van der Waals surface area contributed by atoms with Crippen molar-refractivity contribution in [3.05, 3.63) is 24.3 Å². The summed E-state index contributed by atoms with van der Waals surface area (Å²) in [4.78, 5) is 12.3. The number of ether oxygens (including phenoxy) is 3. The average molecular weight is 329 g/mol. The molecule has 4 aliphatic rings. The predicted octanol–water partition coefficient (Wildman–Crippen LogP) is 3.45. The summed E-state index contributed by atoms with van der Waals surface area (Å²) in [5.41, 5.74) is 0.711. The minimum atomic E-state index is -0.350. The SMILES string of the molecule is CCOc1cccc(NC(=O)O[C@@H]2C[C@H]3C[C@H]2[C@@H]2C[C@@H]4O[C@@H]4[C@@H]32)c1. The van der Waals surface area contributed by atoms with Crippen molar-refractivity contribution in [1.29, 1.82) is 0 Å². The van der Waals surface area contributed by atoms with Gasteiger partial charge in [0.15, 0.2) is 0 Å². The zero-order chi connectivity index (χ0) is 16.3. The third kappa shape index (κ3) is 2.29. The van der Waals surface area contributed by atoms with E-state index in [2.05, 4.69) is 5.32 Å². The fourth-order valence-electron chi connectivity index (χ4n) is 5.52. The third-order valence-corrected chi connectivity index (χ3v) is 6.33. The van der Waals surface area contributed by atoms with Gasteiger partial charge in [-0.2, -0.15) is 0 Å². The number of hydrogen-bond donors (Lipinski definition) is 1. The largest absolute Gasteiger partial charge is 0.494 e. The Bertz CT molecular complexity index is 663. The smallest absolute Gasteiger partial charge is 0.411 e. The van der Waals surface area contributed by atoms with Gasteiger partial charge in [-0.3, -0.25) is 5.32 Å². The van der Waals surface area contributed by atoms with Crippen molar-refractivity contribution in [1.82, 2.24) is 0 Å². The molecule has 128 valence electrons. The van der Waals surface area contributed by atoms with Crippen LogP contribution < -0.4 is 10.1 Å². The topological polar surface area (TPSA) is 60.1 Å². The van der Waals surface area contributed by atoms with Crippen molar-refractivity contribution in [2.75, 3.05) is 11.9 Å². The molecule has 1 amide bonds. The third-order valence-electron chi connectivity index (χ3n) is 6.33. The van der Waals surface area contributed by atoms with Gasteiger partial charge in [-0.05, 0) is 62.0 Å². The van der Waals surface area contributed by atoms with E-state index in [0.717, 1.165) is 18.1 Å². The molecule has 1 aromatic carbocycles. The van der Waals surface area contributed by atoms with E-state index in [-0.39, 0.29) is 12.2 Å². The van der Waals surface area contributed by atoms with Gasteiger partial charge in [0.05, 0.1) is 18.8 Å². The van der Waals surface area contributed by atoms with Gasteiger partial charge in [0.2, 0.25) is 0 Å². The van der Waals surface area contributed by atoms with Crippen molar-refractivity contribution in [2.45, 2.75) is 44.5 Å². The monoisotopic (exact) mass is 329 g/mol. The molecule has 5 nitrogen and oxygen atoms in total. The first-order chi connectivity index (χ1) is 11.7. The average Bonchev–Trinajstić information content (AvgIpc) is 2.92. The number of epoxide rings is 1. The highest BCUT2D eigenvalue weighted by molar-refractivity contribution is 5.85. The number of hydrogen-bond acceptors (Lipinski definition) is 4. The van der Waals surface area contributed by atoms with Gasteiger partial charge >= 0.3 is 6.09 Å². The van der Waals surface area contributed by atoms with Crippen molar-refractivity contribution in [2.24, 2.45) is 23.7 Å². The van der Waals surface area contributed by atoms with Crippen LogP contribution in [0, 0.1) is 23.7 Å². The van der Waals surface area contributed by atoms with Gasteiger partial charge < -0.3 is 14.2 Å². The van der Waals surface area contributed by atoms with E-state index in [0.29, 0.717) is 42.3 Å². The number of rotatable bonds is 4. The summed E-state index contributed by atoms with van der Waals surface area (Å²) in [6, 6.07) is 7.42. The summed E-state index contributed by atoms with van der Waals surface area (Å²) in [5.74, 6) is 3.44. The van der Waals surface area contributed by atoms with E-state index in [4.69, 9.17) is 14.2 Å². The Balaban J connectivity index is 1.20. The molecule has 7 atom stereocenters. The number of nitrogens with one attached hydrogen (secondary N) is 1. The molecule has 1 aliphatic heterocycles. The fraction of sp³-hybridized carbons (Fsp3) is 0.632. The first-order valence-corrected chi connectivity index (χ1v) is 9.09. The maximum absolute atomic E-state index is 12.3. The van der Waals surface area contributed by atoms with Crippen molar-refractivity contribution in [3.63, 3.8) is 0 Å². The molecule has 2 bridgehead atoms. The first kappa shape index (κ1) is 14.6. The van der Waals surface area contributed by atoms with E-state index >= 15 is 0 Å². The van der Waals surface area contributed by atoms with Crippen molar-refractivity contribution in [3.8, 4) is 5.75 Å². The van der Waals surface area contributed by atoms with Gasteiger partial charge in [-0.25, -0.2) is 4.79 Å². The standard InChI is InChI=1S/C19H23NO4/c1-2-22-12-5-3-4-11(8-12)20-19(21)24-15-7-10-6-13(15)14-9-16-18(23-16)17(10)14/h3-5,8,10,13-18H,2,6-7,9H2,1H3,(H,20,21)/t10-,13+,14+,15-,16+,17+,18+/m1/s1. The van der Waals surface area contributed by atoms with Crippen LogP contribution in [0.4, 0.5) is 10.5 Å². The molecule has 24 heavy (non-hydrogen) atoms. The number of carbonyl (C=O) groups is 1. The quantitative estimate of drug-likeness (QED) is 0.860. The van der Waals surface area contributed by atoms with Gasteiger partial charge in [0.1, 0.15) is 11.9 Å². The Hall–Kier alpha value is -1.75. The van der Waals surface area contributed by atoms with Gasteiger partial charge in [0.25, 0.3) is 0 Å². The molecule has 0 radical (unpaired) electrons. The molecule has 5 heteroatoms. The lowest BCUT2D eigenvalue weighted by Crippen LogP contribution is -2.35. The number of anilines is 1. The normalized spacial score (nSPS) is 40.8. The molecular weight excluding hydrogens is 306 g/mol. The lowest BCUT2D eigenvalue weighted by molar-refractivity contribution is 0.0251. The zero-order valence-electron chi connectivity index (χ0n) is 13.8. The van der Waals surface area contributed by atoms with Crippen LogP contribution in [0.25, 0.3) is 0 Å². The Morgan fingerprint density at radius 3 is 3.08 bits per heavy atom. The van der Waals surface area contributed by atoms with Crippen LogP contribution in [0.15, 0.2) is 24.3 Å². The van der Waals surface area contributed by atoms with Gasteiger partial charge in [0, 0.05) is 11.8 Å². The second kappa shape index (κ2) is 5.38. The van der Waals surface area contributed by atoms with Crippen LogP contribution in [0.1, 0.15) is 26.2 Å². The summed E-state index contributed by atoms with van der Waals surface area (Å²) in [5, 5.41) is 2.84. The van der Waals surface area contributed by atoms with E-state index < -0.39 is 0 Å². The lowest BCUT2D eigenvalue weighted by Gasteiger charge is -2.32. The zero-order valence-corrected chi connectivity index (χ0v) is 13.8. The van der Waals surface area contributed by atoms with Crippen LogP contribution in [0.2, 0.25) is 0 Å². The molecule has 5 rings (SSSR count). The second-order valence-electron chi connectivity index (χ2n) is 7.54. The molecule has 1 aromatic rings. The van der Waals surface area contributed by atoms with Crippen molar-refractivity contribution < 1.29 is 19.0 Å². The number of fused-ring (bicyclic) bond motifs is 7. The van der Waals surface area contributed by atoms with Gasteiger partial charge in [-0.15, -0.1) is 0 Å². The Morgan fingerprint density at radius 2 is 2.21 bits per heavy atom. The molecule has 1 N–H and O–H groups in total. The molecule has 4 fully saturated rings. The molecule has 0 spiro atoms. The summed E-state index contributed by atoms with van der Waals surface area (Å²) in [6.07, 6.45) is 4.15. The number of amides is 1. The highest BCUT2D eigenvalue weighted by Gasteiger charge is 2.67. The van der Waals surface area contributed by atoms with E-state index in [9.17, 15) is 4.79 Å². The summed E-state index contributed by atoms with van der Waals surface area (Å²) in [7, 11) is 0. The van der Waals surface area contributed by atoms with E-state index in [1.165, 1.54) is 12.8 Å². The molecular formula is C19H23NO4. The van der Waals surface area contributed by atoms with Crippen molar-refractivity contribution >= 4 is 11.8 Å². The maximum atomic E-state index is 12.3. The predicted molar refractivity (Wildman–Crippen MR) is 88.0 cm³/mol. The molecule has 0 aromatic heterocycles. The molecule has 0 unspecified atom stereocenters. The molecule has 3 aliphatic carbocycles. The van der Waals surface area contributed by atoms with E-state index in [1.54, 1.807) is 0 Å². The minimum Gasteiger partial charge on any atom is -0.494 e. The fourth-order valence-corrected chi connectivity index (χ4v) is 5.52. The van der Waals surface area contributed by atoms with E-state index in [1.807, 2.05) is 31.2 Å². The number of carbonyl (C=O) groups excluding carboxylic acids is 1. The highest BCUT2D eigenvalue weighted by Crippen LogP contribution is 2.64. The van der Waals surface area contributed by atoms with Crippen LogP contribution in [0.5, 0.6) is 5.75 Å². The Morgan fingerprint density at radius 1 is 1.29 bits per heavy atom. The Kier molecular flexibility index (Phi) is 3.27. The maximum Gasteiger partial charge on any atom is 0.411 e. The second-order valence-corrected chi connectivity index (χ2v) is 7.54. The molecule has 3 saturated carbocycles.